The quantitative estimate of drug-likeness (QED) is 0.709. The van der Waals surface area contributed by atoms with Gasteiger partial charge in [-0.25, -0.2) is 0 Å². The Hall–Kier alpha value is -2.02. The Balaban J connectivity index is 2.48. The van der Waals surface area contributed by atoms with E-state index < -0.39 is 5.97 Å². The van der Waals surface area contributed by atoms with Crippen LogP contribution in [0.3, 0.4) is 0 Å². The van der Waals surface area contributed by atoms with Crippen molar-refractivity contribution in [2.24, 2.45) is 0 Å². The molecule has 0 saturated carbocycles. The van der Waals surface area contributed by atoms with Gasteiger partial charge < -0.3 is 15.7 Å². The smallest absolute Gasteiger partial charge is 0.305 e. The Bertz CT molecular complexity index is 564. The average Bonchev–Trinajstić information content (AvgIpc) is 2.44. The number of anilines is 1. The number of hydrogen-bond donors (Lipinski definition) is 3. The molecule has 2 amide bonds. The average molecular weight is 338 g/mol. The van der Waals surface area contributed by atoms with E-state index >= 15 is 0 Å². The summed E-state index contributed by atoms with van der Waals surface area (Å²) in [4.78, 5) is 34.0. The number of nitrogens with one attached hydrogen (secondary N) is 2. The second kappa shape index (κ2) is 8.57. The summed E-state index contributed by atoms with van der Waals surface area (Å²) in [6, 6.07) is 6.46. The minimum absolute atomic E-state index is 0.0231. The van der Waals surface area contributed by atoms with Crippen molar-refractivity contribution in [1.82, 2.24) is 5.32 Å². The second-order valence-electron chi connectivity index (χ2n) is 5.93. The fraction of sp³-hybridized carbons (Fsp3) is 0.438. The van der Waals surface area contributed by atoms with Gasteiger partial charge in [0.05, 0.1) is 12.2 Å². The molecular formula is C16H22N2O4S. The first-order valence-corrected chi connectivity index (χ1v) is 8.20. The van der Waals surface area contributed by atoms with Crippen molar-refractivity contribution < 1.29 is 19.5 Å². The molecule has 1 rings (SSSR count). The summed E-state index contributed by atoms with van der Waals surface area (Å²) >= 11 is 1.56. The fourth-order valence-corrected chi connectivity index (χ4v) is 2.21. The predicted octanol–water partition coefficient (Wildman–Crippen LogP) is 2.36. The summed E-state index contributed by atoms with van der Waals surface area (Å²) in [6.45, 7) is 6.21. The van der Waals surface area contributed by atoms with Crippen LogP contribution in [0, 0.1) is 0 Å². The molecule has 0 aliphatic heterocycles. The van der Waals surface area contributed by atoms with Crippen molar-refractivity contribution in [2.45, 2.75) is 31.9 Å². The van der Waals surface area contributed by atoms with Crippen LogP contribution in [0.4, 0.5) is 5.69 Å². The van der Waals surface area contributed by atoms with E-state index in [0.717, 1.165) is 0 Å². The summed E-state index contributed by atoms with van der Waals surface area (Å²) in [7, 11) is 0. The number of carbonyl (C=O) groups excluding carboxylic acids is 2. The predicted molar refractivity (Wildman–Crippen MR) is 91.9 cm³/mol. The van der Waals surface area contributed by atoms with Crippen molar-refractivity contribution in [3.05, 3.63) is 29.8 Å². The maximum Gasteiger partial charge on any atom is 0.305 e. The Labute approximate surface area is 140 Å². The first-order chi connectivity index (χ1) is 10.7. The van der Waals surface area contributed by atoms with Crippen LogP contribution in [0.25, 0.3) is 0 Å². The standard InChI is InChI=1S/C16H22N2O4S/c1-16(2,3)23-10-13(19)18-12-6-4-11(5-7-12)15(22)17-9-8-14(20)21/h4-7H,8-10H2,1-3H3,(H,17,22)(H,18,19)(H,20,21). The lowest BCUT2D eigenvalue weighted by molar-refractivity contribution is -0.136. The molecule has 1 aromatic carbocycles. The zero-order valence-electron chi connectivity index (χ0n) is 13.5. The van der Waals surface area contributed by atoms with Crippen molar-refractivity contribution in [1.29, 1.82) is 0 Å². The number of rotatable bonds is 7. The van der Waals surface area contributed by atoms with Crippen LogP contribution in [0.15, 0.2) is 24.3 Å². The van der Waals surface area contributed by atoms with Gasteiger partial charge in [0.15, 0.2) is 0 Å². The molecule has 0 bridgehead atoms. The van der Waals surface area contributed by atoms with E-state index in [0.29, 0.717) is 17.0 Å². The molecule has 0 aliphatic carbocycles. The number of amides is 2. The Morgan fingerprint density at radius 1 is 1.13 bits per heavy atom. The van der Waals surface area contributed by atoms with Crippen LogP contribution in [0.5, 0.6) is 0 Å². The molecule has 3 N–H and O–H groups in total. The van der Waals surface area contributed by atoms with E-state index in [1.165, 1.54) is 0 Å². The van der Waals surface area contributed by atoms with E-state index in [-0.39, 0.29) is 29.5 Å². The normalized spacial score (nSPS) is 10.9. The van der Waals surface area contributed by atoms with E-state index in [4.69, 9.17) is 5.11 Å². The van der Waals surface area contributed by atoms with Crippen LogP contribution in [-0.2, 0) is 9.59 Å². The van der Waals surface area contributed by atoms with Gasteiger partial charge in [0.25, 0.3) is 5.91 Å². The highest BCUT2D eigenvalue weighted by Gasteiger charge is 2.13. The molecule has 0 atom stereocenters. The molecule has 126 valence electrons. The van der Waals surface area contributed by atoms with Crippen LogP contribution in [0.2, 0.25) is 0 Å². The highest BCUT2D eigenvalue weighted by molar-refractivity contribution is 8.01. The lowest BCUT2D eigenvalue weighted by Gasteiger charge is -2.17. The number of carboxylic acids is 1. The van der Waals surface area contributed by atoms with Gasteiger partial charge in [-0.3, -0.25) is 14.4 Å². The summed E-state index contributed by atoms with van der Waals surface area (Å²) in [5, 5.41) is 13.8. The third-order valence-electron chi connectivity index (χ3n) is 2.69. The lowest BCUT2D eigenvalue weighted by Crippen LogP contribution is -2.26. The van der Waals surface area contributed by atoms with Crippen LogP contribution in [0.1, 0.15) is 37.6 Å². The largest absolute Gasteiger partial charge is 0.481 e. The summed E-state index contributed by atoms with van der Waals surface area (Å²) in [5.41, 5.74) is 1.03. The molecule has 0 radical (unpaired) electrons. The molecular weight excluding hydrogens is 316 g/mol. The summed E-state index contributed by atoms with van der Waals surface area (Å²) < 4.78 is 0.0231. The minimum atomic E-state index is -0.962. The van der Waals surface area contributed by atoms with Gasteiger partial charge in [0, 0.05) is 22.5 Å². The number of aliphatic carboxylic acids is 1. The Kier molecular flexibility index (Phi) is 7.09. The minimum Gasteiger partial charge on any atom is -0.481 e. The zero-order valence-corrected chi connectivity index (χ0v) is 14.3. The number of carboxylic acid groups (broad SMARTS) is 1. The third-order valence-corrected chi connectivity index (χ3v) is 3.96. The monoisotopic (exact) mass is 338 g/mol. The molecule has 0 aliphatic rings. The van der Waals surface area contributed by atoms with Gasteiger partial charge >= 0.3 is 5.97 Å². The van der Waals surface area contributed by atoms with Gasteiger partial charge in [-0.2, -0.15) is 0 Å². The van der Waals surface area contributed by atoms with Crippen LogP contribution >= 0.6 is 11.8 Å². The Morgan fingerprint density at radius 2 is 1.74 bits per heavy atom. The molecule has 0 fully saturated rings. The molecule has 7 heteroatoms. The van der Waals surface area contributed by atoms with Crippen molar-refractivity contribution >= 4 is 35.2 Å². The van der Waals surface area contributed by atoms with Crippen molar-refractivity contribution in [3.63, 3.8) is 0 Å². The molecule has 1 aromatic rings. The van der Waals surface area contributed by atoms with Gasteiger partial charge in [-0.15, -0.1) is 11.8 Å². The van der Waals surface area contributed by atoms with E-state index in [1.807, 2.05) is 20.8 Å². The number of hydrogen-bond acceptors (Lipinski definition) is 4. The summed E-state index contributed by atoms with van der Waals surface area (Å²) in [5.74, 6) is -1.03. The maximum absolute atomic E-state index is 11.8. The van der Waals surface area contributed by atoms with Gasteiger partial charge in [0.1, 0.15) is 0 Å². The highest BCUT2D eigenvalue weighted by Crippen LogP contribution is 2.23. The molecule has 0 saturated heterocycles. The topological polar surface area (TPSA) is 95.5 Å². The van der Waals surface area contributed by atoms with Crippen LogP contribution < -0.4 is 10.6 Å². The first-order valence-electron chi connectivity index (χ1n) is 7.21. The van der Waals surface area contributed by atoms with Crippen LogP contribution in [-0.4, -0.2) is 39.9 Å². The third kappa shape index (κ3) is 8.25. The van der Waals surface area contributed by atoms with E-state index in [1.54, 1.807) is 36.0 Å². The number of carbonyl (C=O) groups is 3. The molecule has 0 unspecified atom stereocenters. The Morgan fingerprint density at radius 3 is 2.26 bits per heavy atom. The fourth-order valence-electron chi connectivity index (χ4n) is 1.57. The molecule has 23 heavy (non-hydrogen) atoms. The maximum atomic E-state index is 11.8. The van der Waals surface area contributed by atoms with Crippen molar-refractivity contribution in [2.75, 3.05) is 17.6 Å². The number of thioether (sulfide) groups is 1. The molecule has 6 nitrogen and oxygen atoms in total. The summed E-state index contributed by atoms with van der Waals surface area (Å²) in [6.07, 6.45) is -0.120. The van der Waals surface area contributed by atoms with Gasteiger partial charge in [-0.05, 0) is 24.3 Å². The SMILES string of the molecule is CC(C)(C)SCC(=O)Nc1ccc(C(=O)NCCC(=O)O)cc1. The zero-order chi connectivity index (χ0) is 17.5. The molecule has 0 spiro atoms. The van der Waals surface area contributed by atoms with Crippen molar-refractivity contribution in [3.8, 4) is 0 Å². The first kappa shape index (κ1) is 19.0. The molecule has 0 heterocycles. The second-order valence-corrected chi connectivity index (χ2v) is 7.73. The van der Waals surface area contributed by atoms with Gasteiger partial charge in [0.2, 0.25) is 5.91 Å². The van der Waals surface area contributed by atoms with E-state index in [9.17, 15) is 14.4 Å². The highest BCUT2D eigenvalue weighted by atomic mass is 32.2. The number of benzene rings is 1. The van der Waals surface area contributed by atoms with E-state index in [2.05, 4.69) is 10.6 Å². The van der Waals surface area contributed by atoms with Gasteiger partial charge in [-0.1, -0.05) is 20.8 Å². The lowest BCUT2D eigenvalue weighted by atomic mass is 10.2. The molecule has 0 aromatic heterocycles.